The van der Waals surface area contributed by atoms with Gasteiger partial charge in [0.05, 0.1) is 12.2 Å². The van der Waals surface area contributed by atoms with Gasteiger partial charge >= 0.3 is 6.03 Å². The molecule has 2 heterocycles. The van der Waals surface area contributed by atoms with E-state index < -0.39 is 11.6 Å². The molecule has 0 spiro atoms. The van der Waals surface area contributed by atoms with Gasteiger partial charge in [-0.15, -0.1) is 0 Å². The lowest BCUT2D eigenvalue weighted by Crippen LogP contribution is -2.52. The Hall–Kier alpha value is -2.41. The van der Waals surface area contributed by atoms with Gasteiger partial charge in [0, 0.05) is 13.1 Å². The molecular formula is C20H27N3O4. The van der Waals surface area contributed by atoms with Crippen molar-refractivity contribution in [3.8, 4) is 0 Å². The minimum absolute atomic E-state index is 0.0655. The third kappa shape index (κ3) is 3.69. The molecule has 0 unspecified atom stereocenters. The first-order valence-electron chi connectivity index (χ1n) is 9.50. The number of amides is 4. The second kappa shape index (κ2) is 7.68. The fourth-order valence-electron chi connectivity index (χ4n) is 3.99. The van der Waals surface area contributed by atoms with Crippen LogP contribution >= 0.6 is 0 Å². The summed E-state index contributed by atoms with van der Waals surface area (Å²) >= 11 is 0. The average Bonchev–Trinajstić information content (AvgIpc) is 2.87. The molecule has 4 amide bonds. The normalized spacial score (nSPS) is 28.4. The molecule has 1 aromatic carbocycles. The molecule has 0 aromatic heterocycles. The second-order valence-corrected chi connectivity index (χ2v) is 7.40. The summed E-state index contributed by atoms with van der Waals surface area (Å²) in [6.45, 7) is 6.46. The van der Waals surface area contributed by atoms with Gasteiger partial charge in [-0.1, -0.05) is 43.7 Å². The predicted octanol–water partition coefficient (Wildman–Crippen LogP) is 1.87. The molecular weight excluding hydrogens is 346 g/mol. The van der Waals surface area contributed by atoms with Gasteiger partial charge in [-0.05, 0) is 25.8 Å². The smallest absolute Gasteiger partial charge is 0.325 e. The van der Waals surface area contributed by atoms with Gasteiger partial charge < -0.3 is 15.0 Å². The van der Waals surface area contributed by atoms with Crippen LogP contribution in [0.3, 0.4) is 0 Å². The number of ether oxygens (including phenoxy) is 1. The molecule has 3 atom stereocenters. The summed E-state index contributed by atoms with van der Waals surface area (Å²) in [7, 11) is 0. The molecule has 2 aliphatic heterocycles. The van der Waals surface area contributed by atoms with Crippen molar-refractivity contribution in [2.45, 2.75) is 51.4 Å². The van der Waals surface area contributed by atoms with Gasteiger partial charge in [-0.25, -0.2) is 4.79 Å². The van der Waals surface area contributed by atoms with E-state index in [-0.39, 0.29) is 30.6 Å². The average molecular weight is 373 g/mol. The van der Waals surface area contributed by atoms with Crippen molar-refractivity contribution in [3.05, 3.63) is 35.9 Å². The van der Waals surface area contributed by atoms with E-state index in [1.54, 1.807) is 4.90 Å². The van der Waals surface area contributed by atoms with Crippen molar-refractivity contribution in [1.82, 2.24) is 15.1 Å². The Morgan fingerprint density at radius 3 is 2.41 bits per heavy atom. The van der Waals surface area contributed by atoms with Crippen LogP contribution in [0.4, 0.5) is 4.79 Å². The van der Waals surface area contributed by atoms with Crippen molar-refractivity contribution in [2.24, 2.45) is 0 Å². The maximum Gasteiger partial charge on any atom is 0.325 e. The summed E-state index contributed by atoms with van der Waals surface area (Å²) in [6.07, 6.45) is 1.08. The molecule has 0 aliphatic carbocycles. The van der Waals surface area contributed by atoms with Crippen LogP contribution in [0.2, 0.25) is 0 Å². The molecule has 0 bridgehead atoms. The number of carbonyl (C=O) groups is 3. The summed E-state index contributed by atoms with van der Waals surface area (Å²) in [5, 5.41) is 2.85. The molecule has 0 radical (unpaired) electrons. The van der Waals surface area contributed by atoms with Gasteiger partial charge in [0.2, 0.25) is 5.91 Å². The number of nitrogens with zero attached hydrogens (tertiary/aromatic N) is 2. The van der Waals surface area contributed by atoms with Crippen molar-refractivity contribution in [1.29, 1.82) is 0 Å². The van der Waals surface area contributed by atoms with Crippen LogP contribution in [-0.4, -0.2) is 59.5 Å². The summed E-state index contributed by atoms with van der Waals surface area (Å²) in [5.41, 5.74) is -0.354. The first-order chi connectivity index (χ1) is 12.9. The highest BCUT2D eigenvalue weighted by Gasteiger charge is 2.52. The topological polar surface area (TPSA) is 79.0 Å². The van der Waals surface area contributed by atoms with Crippen LogP contribution in [0.15, 0.2) is 30.3 Å². The van der Waals surface area contributed by atoms with Crippen LogP contribution in [0.5, 0.6) is 0 Å². The lowest BCUT2D eigenvalue weighted by molar-refractivity contribution is -0.147. The van der Waals surface area contributed by atoms with Gasteiger partial charge in [-0.3, -0.25) is 14.5 Å². The van der Waals surface area contributed by atoms with E-state index in [1.807, 2.05) is 51.1 Å². The number of morpholine rings is 1. The maximum absolute atomic E-state index is 13.2. The van der Waals surface area contributed by atoms with Gasteiger partial charge in [0.25, 0.3) is 5.91 Å². The zero-order valence-corrected chi connectivity index (χ0v) is 16.1. The fraction of sp³-hybridized carbons (Fsp3) is 0.550. The van der Waals surface area contributed by atoms with Crippen molar-refractivity contribution in [3.63, 3.8) is 0 Å². The molecule has 2 aliphatic rings. The monoisotopic (exact) mass is 373 g/mol. The highest BCUT2D eigenvalue weighted by atomic mass is 16.5. The Kier molecular flexibility index (Phi) is 5.51. The summed E-state index contributed by atoms with van der Waals surface area (Å²) in [6, 6.07) is 8.72. The quantitative estimate of drug-likeness (QED) is 0.799. The molecule has 1 N–H and O–H groups in total. The van der Waals surface area contributed by atoms with E-state index in [9.17, 15) is 14.4 Å². The second-order valence-electron chi connectivity index (χ2n) is 7.40. The van der Waals surface area contributed by atoms with E-state index in [2.05, 4.69) is 5.32 Å². The molecule has 1 aromatic rings. The standard InChI is InChI=1S/C20H27N3O4/c1-4-10-20(16-8-6-5-7-9-16)18(25)23(19(26)21-20)13-17(24)22-11-14(2)27-15(3)12-22/h5-9,14-15H,4,10-13H2,1-3H3,(H,21,26)/t14-,15+,20-/m1/s1. The zero-order valence-electron chi connectivity index (χ0n) is 16.1. The largest absolute Gasteiger partial charge is 0.372 e. The number of carbonyl (C=O) groups excluding carboxylic acids is 3. The van der Waals surface area contributed by atoms with Crippen molar-refractivity contribution >= 4 is 17.8 Å². The Labute approximate surface area is 159 Å². The fourth-order valence-corrected chi connectivity index (χ4v) is 3.99. The Morgan fingerprint density at radius 1 is 1.19 bits per heavy atom. The molecule has 146 valence electrons. The first-order valence-corrected chi connectivity index (χ1v) is 9.50. The number of nitrogens with one attached hydrogen (secondary N) is 1. The molecule has 0 saturated carbocycles. The number of rotatable bonds is 5. The summed E-state index contributed by atoms with van der Waals surface area (Å²) in [5.74, 6) is -0.593. The molecule has 27 heavy (non-hydrogen) atoms. The number of hydrogen-bond donors (Lipinski definition) is 1. The van der Waals surface area contributed by atoms with E-state index in [4.69, 9.17) is 4.74 Å². The maximum atomic E-state index is 13.2. The summed E-state index contributed by atoms with van der Waals surface area (Å²) < 4.78 is 5.65. The lowest BCUT2D eigenvalue weighted by atomic mass is 9.85. The molecule has 3 rings (SSSR count). The number of hydrogen-bond acceptors (Lipinski definition) is 4. The minimum atomic E-state index is -1.10. The Morgan fingerprint density at radius 2 is 1.81 bits per heavy atom. The number of imide groups is 1. The van der Waals surface area contributed by atoms with Gasteiger partial charge in [0.15, 0.2) is 0 Å². The highest BCUT2D eigenvalue weighted by molar-refractivity contribution is 6.09. The van der Waals surface area contributed by atoms with Crippen molar-refractivity contribution < 1.29 is 19.1 Å². The predicted molar refractivity (Wildman–Crippen MR) is 99.9 cm³/mol. The van der Waals surface area contributed by atoms with E-state index in [0.29, 0.717) is 19.5 Å². The van der Waals surface area contributed by atoms with Crippen LogP contribution in [0.25, 0.3) is 0 Å². The molecule has 7 nitrogen and oxygen atoms in total. The third-order valence-electron chi connectivity index (χ3n) is 5.13. The van der Waals surface area contributed by atoms with E-state index in [1.165, 1.54) is 0 Å². The number of benzene rings is 1. The molecule has 7 heteroatoms. The lowest BCUT2D eigenvalue weighted by Gasteiger charge is -2.36. The van der Waals surface area contributed by atoms with Crippen LogP contribution in [0.1, 0.15) is 39.2 Å². The van der Waals surface area contributed by atoms with Crippen LogP contribution in [-0.2, 0) is 19.9 Å². The van der Waals surface area contributed by atoms with E-state index in [0.717, 1.165) is 16.9 Å². The van der Waals surface area contributed by atoms with Gasteiger partial charge in [0.1, 0.15) is 12.1 Å². The third-order valence-corrected chi connectivity index (χ3v) is 5.13. The Bertz CT molecular complexity index is 713. The number of urea groups is 1. The zero-order chi connectivity index (χ0) is 19.6. The SMILES string of the molecule is CCC[C@]1(c2ccccc2)NC(=O)N(CC(=O)N2C[C@@H](C)O[C@@H](C)C2)C1=O. The van der Waals surface area contributed by atoms with Crippen molar-refractivity contribution in [2.75, 3.05) is 19.6 Å². The highest BCUT2D eigenvalue weighted by Crippen LogP contribution is 2.33. The minimum Gasteiger partial charge on any atom is -0.372 e. The Balaban J connectivity index is 1.80. The first kappa shape index (κ1) is 19.4. The molecule has 2 saturated heterocycles. The van der Waals surface area contributed by atoms with Crippen LogP contribution in [0, 0.1) is 0 Å². The van der Waals surface area contributed by atoms with Crippen LogP contribution < -0.4 is 5.32 Å². The molecule has 2 fully saturated rings. The van der Waals surface area contributed by atoms with E-state index >= 15 is 0 Å². The summed E-state index contributed by atoms with van der Waals surface area (Å²) in [4.78, 5) is 41.3. The van der Waals surface area contributed by atoms with Gasteiger partial charge in [-0.2, -0.15) is 0 Å².